The van der Waals surface area contributed by atoms with E-state index in [1.165, 1.54) is 0 Å². The molecule has 0 aliphatic carbocycles. The maximum Gasteiger partial charge on any atom is 1.00 e. The monoisotopic (exact) mass is 1360 g/mol. The molecule has 55 heavy (non-hydrogen) atoms. The molecule has 0 atom stereocenters. The molecule has 3 saturated heterocycles. The minimum atomic E-state index is -3.40. The van der Waals surface area contributed by atoms with Crippen LogP contribution >= 0.6 is 82.5 Å². The molecule has 0 aromatic heterocycles. The van der Waals surface area contributed by atoms with Crippen LogP contribution in [0.15, 0.2) is 0 Å². The normalized spacial score (nSPS) is 15.0. The molecule has 3 aliphatic rings. The molecule has 0 aromatic carbocycles. The number of aldehydes is 1. The molecule has 23 heteroatoms. The first-order valence-electron chi connectivity index (χ1n) is 14.5. The van der Waals surface area contributed by atoms with E-state index in [9.17, 15) is 13.2 Å². The molecule has 1 N–H and O–H groups in total. The second-order valence-corrected chi connectivity index (χ2v) is 50.0. The van der Waals surface area contributed by atoms with Crippen molar-refractivity contribution in [2.75, 3.05) is 63.5 Å². The topological polar surface area (TPSA) is 202 Å². The minimum absolute atomic E-state index is 0. The Bertz CT molecular complexity index is 890. The number of hydrogen-bond donors (Lipinski definition) is 1. The first kappa shape index (κ1) is 83.7. The van der Waals surface area contributed by atoms with E-state index in [0.29, 0.717) is 26.4 Å². The largest absolute Gasteiger partial charge is 1.00 e. The Labute approximate surface area is 472 Å². The van der Waals surface area contributed by atoms with Crippen molar-refractivity contribution >= 4 is 112 Å². The van der Waals surface area contributed by atoms with Crippen LogP contribution in [0.25, 0.3) is 0 Å². The van der Waals surface area contributed by atoms with Gasteiger partial charge in [0.05, 0.1) is 59.1 Å². The first-order chi connectivity index (χ1) is 22.6. The van der Waals surface area contributed by atoms with Gasteiger partial charge in [0.1, 0.15) is 13.1 Å². The number of ether oxygens (including phenoxy) is 6. The van der Waals surface area contributed by atoms with E-state index < -0.39 is 15.5 Å². The van der Waals surface area contributed by atoms with Crippen molar-refractivity contribution < 1.29 is 180 Å². The fraction of sp³-hybridized carbons (Fsp3) is 0.906. The summed E-state index contributed by atoms with van der Waals surface area (Å²) >= 11 is 9.75. The van der Waals surface area contributed by atoms with E-state index in [1.54, 1.807) is 0 Å². The Morgan fingerprint density at radius 2 is 1.02 bits per heavy atom. The van der Waals surface area contributed by atoms with Gasteiger partial charge in [0.25, 0.3) is 16.6 Å². The summed E-state index contributed by atoms with van der Waals surface area (Å²) in [6.07, 6.45) is 1.35. The SMILES string of the molecule is C.C.C.C.C=O.CC(C)(CI)C1OCCO1.CC(C)(CO)C1OCCO1.CC(C)(COS(C)(=O)=O)C1OCCO1.CC(C)C=O.O=CO[O-].[H-].[I][V]([I])[I].[K+].[K+]. The quantitative estimate of drug-likeness (QED) is 0.0617. The number of aliphatic hydroxyl groups excluding tert-OH is 1. The summed E-state index contributed by atoms with van der Waals surface area (Å²) in [5.41, 5.74) is -0.562. The van der Waals surface area contributed by atoms with Crippen LogP contribution in [0.4, 0.5) is 0 Å². The number of aliphatic hydroxyl groups is 1. The molecule has 0 unspecified atom stereocenters. The molecule has 15 nitrogen and oxygen atoms in total. The molecule has 3 fully saturated rings. The molecule has 3 rings (SSSR count). The number of alkyl halides is 1. The fourth-order valence-electron chi connectivity index (χ4n) is 2.89. The fourth-order valence-corrected chi connectivity index (χ4v) is 3.77. The standard InChI is InChI=1S/C8H16O5S.C7H13IO2.C7H14O3.C4H8O.CH2O3.CH2O.4CH4.3HI.2K.V.H/c1-8(2,6-13-14(3,9)10)7-11-4-5-12-7;2*1-7(2,5-8)6-9-3-4-10-6;1-4(2)3-5;2-1-4-3;1-2;;;;;;;;;;;/h7H,4-6H2,1-3H3;6H,3-5H2,1-2H3;6,8H,3-5H2,1-2H3;3-4H,1-2H3;1,3H;1H2;4*1H4;3*1H;;;;/q;;;;;;;;;;;;;2*+1;+3;-1/p-4. The predicted octanol–water partition coefficient (Wildman–Crippen LogP) is 0.971. The van der Waals surface area contributed by atoms with Crippen molar-refractivity contribution in [1.82, 2.24) is 0 Å². The van der Waals surface area contributed by atoms with Crippen LogP contribution in [0.1, 0.15) is 86.5 Å². The van der Waals surface area contributed by atoms with E-state index in [-0.39, 0.29) is 194 Å². The molecule has 3 heterocycles. The molecule has 0 spiro atoms. The summed E-state index contributed by atoms with van der Waals surface area (Å²) in [4.78, 5) is 28.5. The third-order valence-electron chi connectivity index (χ3n) is 5.49. The van der Waals surface area contributed by atoms with Crippen molar-refractivity contribution in [2.24, 2.45) is 22.2 Å². The van der Waals surface area contributed by atoms with Crippen molar-refractivity contribution in [3.63, 3.8) is 0 Å². The third-order valence-corrected chi connectivity index (χ3v) is 8.00. The Balaban J connectivity index is -0.0000000490. The van der Waals surface area contributed by atoms with Gasteiger partial charge in [-0.25, -0.2) is 0 Å². The van der Waals surface area contributed by atoms with E-state index >= 15 is 0 Å². The molecule has 0 aromatic rings. The summed E-state index contributed by atoms with van der Waals surface area (Å²) in [6.45, 7) is 21.4. The second kappa shape index (κ2) is 50.2. The number of carbonyl (C=O) groups excluding carboxylic acids is 3. The van der Waals surface area contributed by atoms with Crippen LogP contribution in [-0.2, 0) is 66.9 Å². The Hall–Kier alpha value is 5.18. The molecule has 3 aliphatic heterocycles. The zero-order chi connectivity index (χ0) is 39.3. The minimum Gasteiger partial charge on any atom is 1.00 e. The summed E-state index contributed by atoms with van der Waals surface area (Å²) < 4.78 is 59.1. The Morgan fingerprint density at radius 3 is 1.20 bits per heavy atom. The Kier molecular flexibility index (Phi) is 76.4. The predicted molar refractivity (Wildman–Crippen MR) is 240 cm³/mol. The van der Waals surface area contributed by atoms with Gasteiger partial charge in [-0.15, -0.1) is 0 Å². The van der Waals surface area contributed by atoms with E-state index in [4.69, 9.17) is 52.6 Å². The Morgan fingerprint density at radius 1 is 0.782 bits per heavy atom. The molecule has 0 radical (unpaired) electrons. The number of hydrogen-bond acceptors (Lipinski definition) is 15. The zero-order valence-electron chi connectivity index (χ0n) is 32.6. The average Bonchev–Trinajstić information content (AvgIpc) is 3.86. The number of rotatable bonds is 10. The third kappa shape index (κ3) is 53.4. The van der Waals surface area contributed by atoms with E-state index in [0.717, 1.165) is 30.2 Å². The summed E-state index contributed by atoms with van der Waals surface area (Å²) in [5, 5.41) is 17.3. The number of halogens is 4. The van der Waals surface area contributed by atoms with Crippen LogP contribution in [0.3, 0.4) is 0 Å². The molecule has 330 valence electrons. The van der Waals surface area contributed by atoms with Gasteiger partial charge >= 0.3 is 168 Å². The second-order valence-electron chi connectivity index (χ2n) is 12.2. The van der Waals surface area contributed by atoms with Crippen LogP contribution in [0.2, 0.25) is 0 Å². The van der Waals surface area contributed by atoms with Crippen LogP contribution in [-0.4, -0.2) is 115 Å². The average molecular weight is 1360 g/mol. The van der Waals surface area contributed by atoms with Gasteiger partial charge in [0, 0.05) is 26.6 Å². The smallest absolute Gasteiger partial charge is 1.00 e. The van der Waals surface area contributed by atoms with Gasteiger partial charge in [0.15, 0.2) is 18.9 Å². The van der Waals surface area contributed by atoms with Gasteiger partial charge < -0.3 is 54.7 Å². The van der Waals surface area contributed by atoms with Crippen LogP contribution in [0.5, 0.6) is 0 Å². The van der Waals surface area contributed by atoms with Crippen LogP contribution < -0.4 is 108 Å². The summed E-state index contributed by atoms with van der Waals surface area (Å²) in [5.74, 6) is 0.204. The van der Waals surface area contributed by atoms with Crippen molar-refractivity contribution in [3.8, 4) is 0 Å². The molecule has 0 amide bonds. The maximum atomic E-state index is 10.8. The van der Waals surface area contributed by atoms with Gasteiger partial charge in [-0.3, -0.25) is 8.98 Å². The molecular weight excluding hydrogens is 1290 g/mol. The van der Waals surface area contributed by atoms with Crippen molar-refractivity contribution in [1.29, 1.82) is 0 Å². The molecule has 0 saturated carbocycles. The number of carbonyl (C=O) groups is 3. The molecule has 0 bridgehead atoms. The van der Waals surface area contributed by atoms with Crippen molar-refractivity contribution in [3.05, 3.63) is 0 Å². The van der Waals surface area contributed by atoms with Gasteiger partial charge in [0.2, 0.25) is 0 Å². The van der Waals surface area contributed by atoms with Crippen LogP contribution in [0, 0.1) is 22.2 Å². The first-order valence-corrected chi connectivity index (χ1v) is 31.4. The maximum absolute atomic E-state index is 10.8. The summed E-state index contributed by atoms with van der Waals surface area (Å²) in [6, 6.07) is 0. The van der Waals surface area contributed by atoms with Crippen molar-refractivity contribution in [2.45, 2.75) is 104 Å². The van der Waals surface area contributed by atoms with Gasteiger partial charge in [-0.05, 0) is 0 Å². The van der Waals surface area contributed by atoms with Gasteiger partial charge in [-0.1, -0.05) is 108 Å². The van der Waals surface area contributed by atoms with Gasteiger partial charge in [-0.2, -0.15) is 8.42 Å². The van der Waals surface area contributed by atoms with E-state index in [2.05, 4.69) is 101 Å². The zero-order valence-corrected chi connectivity index (χ0v) is 48.7. The molecular formula is C32H71I4K2O15SV. The summed E-state index contributed by atoms with van der Waals surface area (Å²) in [7, 11) is -3.40. The van der Waals surface area contributed by atoms with E-state index in [1.807, 2.05) is 48.3 Å².